The number of halogens is 1. The van der Waals surface area contributed by atoms with Crippen LogP contribution in [-0.4, -0.2) is 20.3 Å². The van der Waals surface area contributed by atoms with Crippen LogP contribution in [0, 0.1) is 0 Å². The molecule has 0 spiro atoms. The highest BCUT2D eigenvalue weighted by molar-refractivity contribution is 9.10. The van der Waals surface area contributed by atoms with E-state index in [0.717, 1.165) is 26.3 Å². The van der Waals surface area contributed by atoms with Gasteiger partial charge in [-0.15, -0.1) is 5.11 Å². The normalized spacial score (nSPS) is 11.8. The van der Waals surface area contributed by atoms with Crippen LogP contribution in [-0.2, 0) is 0 Å². The summed E-state index contributed by atoms with van der Waals surface area (Å²) < 4.78 is 2.56. The lowest BCUT2D eigenvalue weighted by Crippen LogP contribution is -2.03. The Morgan fingerprint density at radius 1 is 0.853 bits per heavy atom. The number of carbonyl (C=O) groups is 1. The van der Waals surface area contributed by atoms with Gasteiger partial charge in [-0.3, -0.25) is 9.20 Å². The molecule has 0 atom stereocenters. The third-order valence-electron chi connectivity index (χ3n) is 5.85. The number of ketones is 1. The zero-order valence-electron chi connectivity index (χ0n) is 17.7. The molecule has 6 rings (SSSR count). The number of aromatic amines is 1. The fourth-order valence-electron chi connectivity index (χ4n) is 4.30. The van der Waals surface area contributed by atoms with Crippen LogP contribution < -0.4 is 0 Å². The molecule has 0 saturated heterocycles. The number of rotatable bonds is 4. The van der Waals surface area contributed by atoms with Gasteiger partial charge in [0.15, 0.2) is 11.5 Å². The molecule has 2 heterocycles. The summed E-state index contributed by atoms with van der Waals surface area (Å²) in [7, 11) is 0. The van der Waals surface area contributed by atoms with Crippen molar-refractivity contribution < 1.29 is 9.90 Å². The van der Waals surface area contributed by atoms with Crippen LogP contribution in [0.5, 0.6) is 5.88 Å². The molecule has 4 aromatic carbocycles. The molecule has 6 aromatic rings. The van der Waals surface area contributed by atoms with E-state index in [-0.39, 0.29) is 22.9 Å². The smallest absolute Gasteiger partial charge is 0.226 e. The van der Waals surface area contributed by atoms with Crippen molar-refractivity contribution in [2.24, 2.45) is 10.2 Å². The first-order chi connectivity index (χ1) is 16.6. The Balaban J connectivity index is 1.68. The number of azo groups is 1. The molecule has 0 radical (unpaired) electrons. The number of fused-ring (bicyclic) bond motifs is 2. The second-order valence-corrected chi connectivity index (χ2v) is 8.82. The summed E-state index contributed by atoms with van der Waals surface area (Å²) in [6.07, 6.45) is 0. The Bertz CT molecular complexity index is 1730. The highest BCUT2D eigenvalue weighted by atomic mass is 79.9. The van der Waals surface area contributed by atoms with E-state index < -0.39 is 0 Å². The Hall–Kier alpha value is -4.23. The molecule has 0 amide bonds. The van der Waals surface area contributed by atoms with Crippen molar-refractivity contribution in [1.29, 1.82) is 0 Å². The number of H-pyrrole nitrogens is 1. The van der Waals surface area contributed by atoms with Gasteiger partial charge in [0.1, 0.15) is 5.65 Å². The van der Waals surface area contributed by atoms with Gasteiger partial charge in [0.05, 0.1) is 16.8 Å². The second kappa shape index (κ2) is 7.97. The van der Waals surface area contributed by atoms with Crippen LogP contribution in [0.25, 0.3) is 27.5 Å². The van der Waals surface area contributed by atoms with E-state index in [9.17, 15) is 9.90 Å². The average Bonchev–Trinajstić information content (AvgIpc) is 3.15. The second-order valence-electron chi connectivity index (χ2n) is 7.91. The molecule has 0 fully saturated rings. The molecule has 0 aliphatic rings. The van der Waals surface area contributed by atoms with Crippen LogP contribution in [0.1, 0.15) is 15.9 Å². The maximum absolute atomic E-state index is 13.7. The van der Waals surface area contributed by atoms with Crippen molar-refractivity contribution in [3.05, 3.63) is 107 Å². The van der Waals surface area contributed by atoms with Crippen LogP contribution >= 0.6 is 15.9 Å². The fourth-order valence-corrected chi connectivity index (χ4v) is 4.56. The van der Waals surface area contributed by atoms with Crippen molar-refractivity contribution in [1.82, 2.24) is 9.38 Å². The third kappa shape index (κ3) is 3.21. The van der Waals surface area contributed by atoms with Crippen LogP contribution in [0.2, 0.25) is 0 Å². The number of benzene rings is 4. The fraction of sp³-hybridized carbons (Fsp3) is 0. The van der Waals surface area contributed by atoms with Gasteiger partial charge in [0, 0.05) is 20.9 Å². The highest BCUT2D eigenvalue weighted by Gasteiger charge is 2.27. The van der Waals surface area contributed by atoms with E-state index in [1.807, 2.05) is 66.7 Å². The molecule has 0 unspecified atom stereocenters. The van der Waals surface area contributed by atoms with Crippen molar-refractivity contribution in [2.75, 3.05) is 0 Å². The van der Waals surface area contributed by atoms with Crippen molar-refractivity contribution in [3.8, 4) is 5.88 Å². The molecule has 0 saturated carbocycles. The van der Waals surface area contributed by atoms with E-state index in [4.69, 9.17) is 0 Å². The van der Waals surface area contributed by atoms with Gasteiger partial charge < -0.3 is 10.1 Å². The Labute approximate surface area is 202 Å². The van der Waals surface area contributed by atoms with Gasteiger partial charge in [-0.25, -0.2) is 0 Å². The maximum Gasteiger partial charge on any atom is 0.226 e. The Kier molecular flexibility index (Phi) is 4.78. The standard InChI is InChI=1S/C27H17BrN4O2/c28-18-12-14-19(15-13-18)30-31-24-23(25(33)17-6-2-1-3-7-17)26-29-20-10-4-8-16-9-5-11-21(22(16)20)32(26)27(24)34/h1-15,29,34H. The van der Waals surface area contributed by atoms with E-state index in [1.165, 1.54) is 0 Å². The van der Waals surface area contributed by atoms with Gasteiger partial charge in [-0.05, 0) is 41.8 Å². The first kappa shape index (κ1) is 20.4. The lowest BCUT2D eigenvalue weighted by molar-refractivity contribution is 0.104. The van der Waals surface area contributed by atoms with Crippen molar-refractivity contribution in [3.63, 3.8) is 0 Å². The monoisotopic (exact) mass is 508 g/mol. The lowest BCUT2D eigenvalue weighted by atomic mass is 10.0. The number of hydrogen-bond acceptors (Lipinski definition) is 4. The summed E-state index contributed by atoms with van der Waals surface area (Å²) in [5.74, 6) is -0.405. The minimum Gasteiger partial charge on any atom is -0.493 e. The number of nitrogens with zero attached hydrogens (tertiary/aromatic N) is 3. The molecule has 164 valence electrons. The maximum atomic E-state index is 13.7. The summed E-state index contributed by atoms with van der Waals surface area (Å²) in [5.41, 5.74) is 3.56. The number of hydrogen-bond donors (Lipinski definition) is 2. The van der Waals surface area contributed by atoms with Crippen LogP contribution in [0.15, 0.2) is 106 Å². The molecule has 7 heteroatoms. The minimum absolute atomic E-state index is 0.115. The molecule has 34 heavy (non-hydrogen) atoms. The van der Waals surface area contributed by atoms with Crippen molar-refractivity contribution >= 4 is 60.5 Å². The molecular formula is C27H17BrN4O2. The van der Waals surface area contributed by atoms with Crippen LogP contribution in [0.4, 0.5) is 11.4 Å². The van der Waals surface area contributed by atoms with E-state index in [0.29, 0.717) is 16.9 Å². The predicted octanol–water partition coefficient (Wildman–Crippen LogP) is 7.69. The SMILES string of the molecule is O=C(c1ccccc1)c1c(N=Nc2ccc(Br)cc2)c(O)n2c1[nH]c1cccc3cccc2c31. The topological polar surface area (TPSA) is 82.2 Å². The number of carbonyl (C=O) groups excluding carboxylic acids is 1. The largest absolute Gasteiger partial charge is 0.493 e. The van der Waals surface area contributed by atoms with Crippen LogP contribution in [0.3, 0.4) is 0 Å². The quantitative estimate of drug-likeness (QED) is 0.189. The van der Waals surface area contributed by atoms with Crippen molar-refractivity contribution in [2.45, 2.75) is 0 Å². The summed E-state index contributed by atoms with van der Waals surface area (Å²) >= 11 is 3.41. The number of aromatic hydroxyl groups is 1. The van der Waals surface area contributed by atoms with Gasteiger partial charge >= 0.3 is 0 Å². The van der Waals surface area contributed by atoms with Gasteiger partial charge in [-0.2, -0.15) is 5.11 Å². The Morgan fingerprint density at radius 2 is 1.59 bits per heavy atom. The lowest BCUT2D eigenvalue weighted by Gasteiger charge is -2.10. The van der Waals surface area contributed by atoms with E-state index in [2.05, 4.69) is 31.1 Å². The molecule has 6 nitrogen and oxygen atoms in total. The highest BCUT2D eigenvalue weighted by Crippen LogP contribution is 2.41. The van der Waals surface area contributed by atoms with E-state index >= 15 is 0 Å². The molecule has 0 aliphatic carbocycles. The Morgan fingerprint density at radius 3 is 2.35 bits per heavy atom. The average molecular weight is 509 g/mol. The summed E-state index contributed by atoms with van der Waals surface area (Å²) in [6.45, 7) is 0. The third-order valence-corrected chi connectivity index (χ3v) is 6.38. The summed E-state index contributed by atoms with van der Waals surface area (Å²) in [4.78, 5) is 17.1. The predicted molar refractivity (Wildman–Crippen MR) is 137 cm³/mol. The molecule has 2 N–H and O–H groups in total. The first-order valence-electron chi connectivity index (χ1n) is 10.7. The molecule has 0 aliphatic heterocycles. The summed E-state index contributed by atoms with van der Waals surface area (Å²) in [5, 5.41) is 22.0. The summed E-state index contributed by atoms with van der Waals surface area (Å²) in [6, 6.07) is 28.1. The first-order valence-corrected chi connectivity index (χ1v) is 11.4. The zero-order chi connectivity index (χ0) is 23.2. The zero-order valence-corrected chi connectivity index (χ0v) is 19.3. The number of nitrogens with one attached hydrogen (secondary N) is 1. The molecule has 0 bridgehead atoms. The molecule has 2 aromatic heterocycles. The molecular weight excluding hydrogens is 492 g/mol. The number of aromatic nitrogens is 2. The van der Waals surface area contributed by atoms with Gasteiger partial charge in [0.2, 0.25) is 5.88 Å². The van der Waals surface area contributed by atoms with E-state index in [1.54, 1.807) is 28.7 Å². The minimum atomic E-state index is -0.256. The van der Waals surface area contributed by atoms with Gasteiger partial charge in [0.25, 0.3) is 0 Å². The van der Waals surface area contributed by atoms with Gasteiger partial charge in [-0.1, -0.05) is 70.5 Å².